The summed E-state index contributed by atoms with van der Waals surface area (Å²) in [6, 6.07) is 47.2. The van der Waals surface area contributed by atoms with Crippen molar-refractivity contribution >= 4 is 11.0 Å². The standard InChI is InChI=1S/C57H58N3O.Pt/c1-35(2)27-43-31-47(23-24-48(43)40-15-12-11-13-16-40)60-53-18-14-17-49(54(53)59-56(60)51-33-42(36(3)4)32-50(37(5)6)55(51)61)44-28-45(30-46(29-44)57(8,9)10)52-34-41(25-26-58-52)39-21-19-38(7)20-22-39;/h11-26,29-37,61H,27H2,1-10H3;/q-1;/i7D3;. The Bertz CT molecular complexity index is 2980. The van der Waals surface area contributed by atoms with Crippen molar-refractivity contribution in [3.8, 4) is 67.5 Å². The zero-order valence-electron chi connectivity index (χ0n) is 40.2. The van der Waals surface area contributed by atoms with Gasteiger partial charge in [0.1, 0.15) is 11.6 Å². The van der Waals surface area contributed by atoms with Crippen molar-refractivity contribution < 1.29 is 30.3 Å². The number of aryl methyl sites for hydroxylation is 1. The number of phenolic OH excluding ortho intramolecular Hbond substituents is 1. The van der Waals surface area contributed by atoms with Crippen LogP contribution in [-0.2, 0) is 32.9 Å². The van der Waals surface area contributed by atoms with Gasteiger partial charge in [-0.25, -0.2) is 4.98 Å². The van der Waals surface area contributed by atoms with Gasteiger partial charge in [-0.2, -0.15) is 0 Å². The van der Waals surface area contributed by atoms with E-state index in [9.17, 15) is 5.11 Å². The summed E-state index contributed by atoms with van der Waals surface area (Å²) in [5.74, 6) is 1.70. The number of hydrogen-bond acceptors (Lipinski definition) is 3. The van der Waals surface area contributed by atoms with Crippen LogP contribution in [0.4, 0.5) is 0 Å². The van der Waals surface area contributed by atoms with Gasteiger partial charge in [0.25, 0.3) is 0 Å². The quantitative estimate of drug-likeness (QED) is 0.139. The van der Waals surface area contributed by atoms with E-state index < -0.39 is 6.85 Å². The maximum absolute atomic E-state index is 12.2. The van der Waals surface area contributed by atoms with Crippen LogP contribution >= 0.6 is 0 Å². The van der Waals surface area contributed by atoms with Gasteiger partial charge in [-0.15, -0.1) is 29.3 Å². The van der Waals surface area contributed by atoms with Crippen molar-refractivity contribution in [2.45, 2.75) is 92.8 Å². The van der Waals surface area contributed by atoms with Crippen molar-refractivity contribution in [2.24, 2.45) is 5.92 Å². The van der Waals surface area contributed by atoms with Crippen LogP contribution in [0.3, 0.4) is 0 Å². The molecule has 1 N–H and O–H groups in total. The van der Waals surface area contributed by atoms with Gasteiger partial charge in [-0.05, 0) is 106 Å². The molecular formula is C57H58N3OPt-. The number of benzene rings is 6. The molecule has 0 atom stereocenters. The Kier molecular flexibility index (Phi) is 11.8. The molecule has 62 heavy (non-hydrogen) atoms. The van der Waals surface area contributed by atoms with Crippen LogP contribution in [0.15, 0.2) is 134 Å². The fourth-order valence-electron chi connectivity index (χ4n) is 8.32. The number of aromatic nitrogens is 3. The Morgan fingerprint density at radius 1 is 0.694 bits per heavy atom. The van der Waals surface area contributed by atoms with Crippen molar-refractivity contribution in [3.63, 3.8) is 0 Å². The molecule has 0 aliphatic heterocycles. The fraction of sp³-hybridized carbons (Fsp3) is 0.263. The van der Waals surface area contributed by atoms with Crippen molar-refractivity contribution in [1.82, 2.24) is 14.5 Å². The van der Waals surface area contributed by atoms with Gasteiger partial charge in [0, 0.05) is 42.8 Å². The molecular weight excluding hydrogens is 938 g/mol. The molecule has 0 amide bonds. The monoisotopic (exact) mass is 998 g/mol. The number of para-hydroxylation sites is 1. The zero-order valence-corrected chi connectivity index (χ0v) is 39.5. The fourth-order valence-corrected chi connectivity index (χ4v) is 8.32. The zero-order chi connectivity index (χ0) is 45.7. The molecule has 0 saturated carbocycles. The number of rotatable bonds is 10. The van der Waals surface area contributed by atoms with Gasteiger partial charge in [-0.1, -0.05) is 164 Å². The third-order valence-electron chi connectivity index (χ3n) is 11.7. The summed E-state index contributed by atoms with van der Waals surface area (Å²) in [6.45, 7) is 17.6. The van der Waals surface area contributed by atoms with Crippen LogP contribution < -0.4 is 0 Å². The molecule has 0 saturated heterocycles. The molecule has 0 spiro atoms. The predicted molar refractivity (Wildman–Crippen MR) is 257 cm³/mol. The largest absolute Gasteiger partial charge is 0.507 e. The maximum Gasteiger partial charge on any atom is 0.148 e. The van der Waals surface area contributed by atoms with Gasteiger partial charge in [0.15, 0.2) is 0 Å². The summed E-state index contributed by atoms with van der Waals surface area (Å²) in [7, 11) is 0. The molecule has 318 valence electrons. The number of hydrogen-bond donors (Lipinski definition) is 1. The average Bonchev–Trinajstić information content (AvgIpc) is 3.65. The maximum atomic E-state index is 12.2. The van der Waals surface area contributed by atoms with Crippen LogP contribution in [0, 0.1) is 18.8 Å². The normalized spacial score (nSPS) is 12.7. The van der Waals surface area contributed by atoms with E-state index in [-0.39, 0.29) is 44.1 Å². The van der Waals surface area contributed by atoms with E-state index in [1.54, 1.807) is 18.3 Å². The Morgan fingerprint density at radius 3 is 2.11 bits per heavy atom. The molecule has 5 heteroatoms. The summed E-state index contributed by atoms with van der Waals surface area (Å²) >= 11 is 0. The van der Waals surface area contributed by atoms with E-state index in [0.29, 0.717) is 22.9 Å². The minimum atomic E-state index is -2.17. The Labute approximate surface area is 387 Å². The van der Waals surface area contributed by atoms with E-state index in [1.165, 1.54) is 16.7 Å². The van der Waals surface area contributed by atoms with Gasteiger partial charge in [0.05, 0.1) is 16.6 Å². The number of phenols is 1. The summed E-state index contributed by atoms with van der Waals surface area (Å²) in [5, 5.41) is 12.2. The first-order valence-corrected chi connectivity index (χ1v) is 21.6. The summed E-state index contributed by atoms with van der Waals surface area (Å²) < 4.78 is 25.7. The van der Waals surface area contributed by atoms with E-state index in [1.807, 2.05) is 24.3 Å². The van der Waals surface area contributed by atoms with Crippen LogP contribution in [0.5, 0.6) is 5.75 Å². The third-order valence-corrected chi connectivity index (χ3v) is 11.7. The van der Waals surface area contributed by atoms with Gasteiger partial charge in [-0.3, -0.25) is 9.55 Å². The first-order valence-electron chi connectivity index (χ1n) is 23.1. The minimum Gasteiger partial charge on any atom is -0.507 e. The molecule has 0 unspecified atom stereocenters. The van der Waals surface area contributed by atoms with E-state index in [2.05, 4.69) is 164 Å². The molecule has 0 fully saturated rings. The summed E-state index contributed by atoms with van der Waals surface area (Å²) in [4.78, 5) is 10.4. The Balaban J connectivity index is 0.00000630. The number of fused-ring (bicyclic) bond motifs is 1. The van der Waals surface area contributed by atoms with Crippen LogP contribution in [0.2, 0.25) is 0 Å². The number of aromatic hydroxyl groups is 1. The van der Waals surface area contributed by atoms with E-state index in [4.69, 9.17) is 14.1 Å². The van der Waals surface area contributed by atoms with Gasteiger partial charge in [0.2, 0.25) is 0 Å². The second-order valence-corrected chi connectivity index (χ2v) is 18.5. The van der Waals surface area contributed by atoms with Crippen molar-refractivity contribution in [1.29, 1.82) is 0 Å². The molecule has 0 aliphatic rings. The number of nitrogens with zero attached hydrogens (tertiary/aromatic N) is 3. The second-order valence-electron chi connectivity index (χ2n) is 18.5. The number of pyridine rings is 1. The molecule has 2 heterocycles. The second kappa shape index (κ2) is 18.0. The molecule has 2 aromatic heterocycles. The molecule has 8 aromatic rings. The first-order chi connectivity index (χ1) is 30.4. The molecule has 6 aromatic carbocycles. The molecule has 8 rings (SSSR count). The minimum absolute atomic E-state index is 0. The van der Waals surface area contributed by atoms with Crippen molar-refractivity contribution in [3.05, 3.63) is 167 Å². The number of imidazole rings is 1. The third kappa shape index (κ3) is 8.99. The Hall–Kier alpha value is -5.57. The topological polar surface area (TPSA) is 50.9 Å². The predicted octanol–water partition coefficient (Wildman–Crippen LogP) is 15.3. The van der Waals surface area contributed by atoms with Gasteiger partial charge < -0.3 is 5.11 Å². The van der Waals surface area contributed by atoms with Crippen LogP contribution in [-0.4, -0.2) is 19.6 Å². The molecule has 0 radical (unpaired) electrons. The molecule has 4 nitrogen and oxygen atoms in total. The SMILES string of the molecule is [2H]C([2H])([2H])c1ccc(-c2ccnc(-c3[c-]c(-c4cccc5c4nc(-c4cc(C(C)C)cc(C(C)C)c4O)n5-c4ccc(-c5ccccc5)c(CC(C)C)c4)cc(C(C)(C)C)c3)c2)cc1.[Pt]. The van der Waals surface area contributed by atoms with E-state index >= 15 is 0 Å². The Morgan fingerprint density at radius 2 is 1.44 bits per heavy atom. The molecule has 0 bridgehead atoms. The summed E-state index contributed by atoms with van der Waals surface area (Å²) in [5.41, 5.74) is 15.6. The van der Waals surface area contributed by atoms with Crippen molar-refractivity contribution in [2.75, 3.05) is 0 Å². The van der Waals surface area contributed by atoms with Crippen LogP contribution in [0.1, 0.15) is 106 Å². The smallest absolute Gasteiger partial charge is 0.148 e. The average molecular weight is 999 g/mol. The summed E-state index contributed by atoms with van der Waals surface area (Å²) in [6.07, 6.45) is 2.70. The van der Waals surface area contributed by atoms with E-state index in [0.717, 1.165) is 73.3 Å². The first kappa shape index (κ1) is 40.5. The van der Waals surface area contributed by atoms with Gasteiger partial charge >= 0.3 is 0 Å². The molecule has 0 aliphatic carbocycles. The van der Waals surface area contributed by atoms with Crippen LogP contribution in [0.25, 0.3) is 72.7 Å².